The first kappa shape index (κ1) is 16.2. The molecule has 1 aromatic carbocycles. The molecule has 3 heterocycles. The molecule has 0 unspecified atom stereocenters. The molecule has 0 spiro atoms. The highest BCUT2D eigenvalue weighted by Gasteiger charge is 2.11. The van der Waals surface area contributed by atoms with Crippen molar-refractivity contribution in [1.82, 2.24) is 24.3 Å². The Bertz CT molecular complexity index is 1160. The number of fused-ring (bicyclic) bond motifs is 2. The summed E-state index contributed by atoms with van der Waals surface area (Å²) >= 11 is 9.41. The third-order valence-corrected chi connectivity index (χ3v) is 5.28. The van der Waals surface area contributed by atoms with E-state index in [1.807, 2.05) is 30.6 Å². The van der Waals surface area contributed by atoms with Crippen molar-refractivity contribution in [2.75, 3.05) is 0 Å². The lowest BCUT2D eigenvalue weighted by Crippen LogP contribution is -2.12. The van der Waals surface area contributed by atoms with E-state index >= 15 is 0 Å². The van der Waals surface area contributed by atoms with E-state index in [9.17, 15) is 4.79 Å². The van der Waals surface area contributed by atoms with Gasteiger partial charge in [-0.1, -0.05) is 11.6 Å². The molecule has 1 N–H and O–H groups in total. The maximum atomic E-state index is 12.3. The minimum Gasteiger partial charge on any atom is -0.310 e. The molecule has 0 saturated heterocycles. The molecule has 0 fully saturated rings. The van der Waals surface area contributed by atoms with Crippen LogP contribution in [-0.4, -0.2) is 24.3 Å². The molecule has 0 bridgehead atoms. The van der Waals surface area contributed by atoms with Crippen LogP contribution in [-0.2, 0) is 6.42 Å². The third kappa shape index (κ3) is 2.94. The summed E-state index contributed by atoms with van der Waals surface area (Å²) in [6, 6.07) is 3.35. The van der Waals surface area contributed by atoms with Gasteiger partial charge in [-0.3, -0.25) is 9.20 Å². The van der Waals surface area contributed by atoms with Gasteiger partial charge in [0.25, 0.3) is 5.56 Å². The van der Waals surface area contributed by atoms with Gasteiger partial charge in [-0.05, 0) is 47.5 Å². The van der Waals surface area contributed by atoms with Crippen molar-refractivity contribution in [3.8, 4) is 0 Å². The van der Waals surface area contributed by atoms with Gasteiger partial charge < -0.3 is 4.98 Å². The topological polar surface area (TPSA) is 75.9 Å². The Morgan fingerprint density at radius 2 is 2.00 bits per heavy atom. The summed E-state index contributed by atoms with van der Waals surface area (Å²) in [7, 11) is 0. The molecule has 6 nitrogen and oxygen atoms in total. The maximum Gasteiger partial charge on any atom is 0.258 e. The quantitative estimate of drug-likeness (QED) is 0.540. The van der Waals surface area contributed by atoms with Crippen molar-refractivity contribution < 1.29 is 0 Å². The second-order valence-electron chi connectivity index (χ2n) is 5.92. The summed E-state index contributed by atoms with van der Waals surface area (Å²) in [5, 5.41) is 0.935. The van der Waals surface area contributed by atoms with E-state index in [1.165, 1.54) is 0 Å². The van der Waals surface area contributed by atoms with Crippen LogP contribution in [0.2, 0.25) is 5.02 Å². The molecule has 0 aliphatic heterocycles. The molecule has 0 saturated carbocycles. The molecular formula is C17H13BrClN5O. The molecule has 4 rings (SSSR count). The highest BCUT2D eigenvalue weighted by molar-refractivity contribution is 9.10. The Balaban J connectivity index is 1.78. The lowest BCUT2D eigenvalue weighted by molar-refractivity contribution is 0.949. The Morgan fingerprint density at radius 3 is 2.80 bits per heavy atom. The average Bonchev–Trinajstić information content (AvgIpc) is 2.91. The number of imidazole rings is 1. The molecule has 0 atom stereocenters. The molecule has 0 aliphatic rings. The largest absolute Gasteiger partial charge is 0.310 e. The average molecular weight is 419 g/mol. The van der Waals surface area contributed by atoms with Gasteiger partial charge in [0.05, 0.1) is 21.6 Å². The van der Waals surface area contributed by atoms with Crippen LogP contribution in [0.5, 0.6) is 0 Å². The Labute approximate surface area is 156 Å². The van der Waals surface area contributed by atoms with Gasteiger partial charge in [-0.2, -0.15) is 0 Å². The first-order valence-corrected chi connectivity index (χ1v) is 8.77. The van der Waals surface area contributed by atoms with Crippen molar-refractivity contribution >= 4 is 44.2 Å². The van der Waals surface area contributed by atoms with E-state index in [1.54, 1.807) is 12.1 Å². The fourth-order valence-electron chi connectivity index (χ4n) is 2.67. The van der Waals surface area contributed by atoms with Gasteiger partial charge >= 0.3 is 0 Å². The van der Waals surface area contributed by atoms with E-state index in [0.29, 0.717) is 38.4 Å². The summed E-state index contributed by atoms with van der Waals surface area (Å²) < 4.78 is 2.58. The van der Waals surface area contributed by atoms with Crippen LogP contribution in [0, 0.1) is 13.8 Å². The number of nitrogens with zero attached hydrogens (tertiary/aromatic N) is 4. The van der Waals surface area contributed by atoms with Gasteiger partial charge in [0.1, 0.15) is 5.82 Å². The Kier molecular flexibility index (Phi) is 3.85. The molecule has 0 amide bonds. The second-order valence-corrected chi connectivity index (χ2v) is 7.18. The van der Waals surface area contributed by atoms with Crippen LogP contribution < -0.4 is 5.56 Å². The monoisotopic (exact) mass is 417 g/mol. The minimum atomic E-state index is -0.219. The number of aromatic amines is 1. The van der Waals surface area contributed by atoms with Crippen LogP contribution in [0.3, 0.4) is 0 Å². The van der Waals surface area contributed by atoms with Crippen LogP contribution in [0.15, 0.2) is 33.8 Å². The van der Waals surface area contributed by atoms with E-state index in [4.69, 9.17) is 11.6 Å². The zero-order valence-corrected chi connectivity index (χ0v) is 15.8. The molecule has 126 valence electrons. The highest BCUT2D eigenvalue weighted by atomic mass is 79.9. The lowest BCUT2D eigenvalue weighted by atomic mass is 10.2. The van der Waals surface area contributed by atoms with Crippen molar-refractivity contribution in [3.63, 3.8) is 0 Å². The molecule has 8 heteroatoms. The van der Waals surface area contributed by atoms with Crippen LogP contribution in [0.25, 0.3) is 16.7 Å². The van der Waals surface area contributed by atoms with Gasteiger partial charge in [0.15, 0.2) is 0 Å². The number of aromatic nitrogens is 5. The lowest BCUT2D eigenvalue weighted by Gasteiger charge is -2.03. The van der Waals surface area contributed by atoms with Gasteiger partial charge in [-0.15, -0.1) is 0 Å². The van der Waals surface area contributed by atoms with Crippen LogP contribution >= 0.6 is 27.5 Å². The molecular weight excluding hydrogens is 406 g/mol. The van der Waals surface area contributed by atoms with Gasteiger partial charge in [0.2, 0.25) is 5.78 Å². The van der Waals surface area contributed by atoms with E-state index in [-0.39, 0.29) is 5.56 Å². The van der Waals surface area contributed by atoms with E-state index in [0.717, 1.165) is 17.0 Å². The number of hydrogen-bond donors (Lipinski definition) is 1. The Morgan fingerprint density at radius 1 is 1.20 bits per heavy atom. The molecule has 25 heavy (non-hydrogen) atoms. The van der Waals surface area contributed by atoms with Crippen molar-refractivity contribution in [3.05, 3.63) is 67.2 Å². The number of halogens is 2. The SMILES string of the molecule is Cc1cn2cc(Cc3nc4cc(Br)c(Cl)cc4c(=O)[nH]3)nc2nc1C. The smallest absolute Gasteiger partial charge is 0.258 e. The zero-order chi connectivity index (χ0) is 17.7. The molecule has 4 aromatic rings. The summed E-state index contributed by atoms with van der Waals surface area (Å²) in [5.41, 5.74) is 3.19. The van der Waals surface area contributed by atoms with Gasteiger partial charge in [0, 0.05) is 29.0 Å². The first-order valence-electron chi connectivity index (χ1n) is 7.60. The standard InChI is InChI=1S/C17H13BrClN5O/c1-8-6-24-7-10(21-17(24)20-9(8)2)3-15-22-14-5-12(18)13(19)4-11(14)16(25)23-15/h4-7H,3H2,1-2H3,(H,22,23,25). The summed E-state index contributed by atoms with van der Waals surface area (Å²) in [6.07, 6.45) is 4.30. The number of nitrogens with one attached hydrogen (secondary N) is 1. The van der Waals surface area contributed by atoms with Gasteiger partial charge in [-0.25, -0.2) is 15.0 Å². The molecule has 3 aromatic heterocycles. The number of hydrogen-bond acceptors (Lipinski definition) is 4. The minimum absolute atomic E-state index is 0.219. The number of H-pyrrole nitrogens is 1. The summed E-state index contributed by atoms with van der Waals surface area (Å²) in [4.78, 5) is 28.6. The van der Waals surface area contributed by atoms with Crippen molar-refractivity contribution in [2.24, 2.45) is 0 Å². The fraction of sp³-hybridized carbons (Fsp3) is 0.176. The third-order valence-electron chi connectivity index (χ3n) is 4.08. The van der Waals surface area contributed by atoms with Crippen molar-refractivity contribution in [1.29, 1.82) is 0 Å². The number of aryl methyl sites for hydroxylation is 2. The predicted octanol–water partition coefficient (Wildman–Crippen LogP) is 3.59. The molecule has 0 aliphatic carbocycles. The van der Waals surface area contributed by atoms with E-state index < -0.39 is 0 Å². The number of benzene rings is 1. The molecule has 0 radical (unpaired) electrons. The normalized spacial score (nSPS) is 11.5. The van der Waals surface area contributed by atoms with Crippen LogP contribution in [0.4, 0.5) is 0 Å². The zero-order valence-electron chi connectivity index (χ0n) is 13.5. The predicted molar refractivity (Wildman–Crippen MR) is 100 cm³/mol. The van der Waals surface area contributed by atoms with Crippen molar-refractivity contribution in [2.45, 2.75) is 20.3 Å². The number of rotatable bonds is 2. The second kappa shape index (κ2) is 5.93. The fourth-order valence-corrected chi connectivity index (χ4v) is 3.17. The van der Waals surface area contributed by atoms with Crippen LogP contribution in [0.1, 0.15) is 22.8 Å². The highest BCUT2D eigenvalue weighted by Crippen LogP contribution is 2.25. The van der Waals surface area contributed by atoms with E-state index in [2.05, 4.69) is 35.9 Å². The summed E-state index contributed by atoms with van der Waals surface area (Å²) in [5.74, 6) is 1.18. The maximum absolute atomic E-state index is 12.3. The Hall–Kier alpha value is -2.25. The first-order chi connectivity index (χ1) is 11.9. The summed E-state index contributed by atoms with van der Waals surface area (Å²) in [6.45, 7) is 3.96.